The molecule has 0 unspecified atom stereocenters. The SMILES string of the molecule is Cc1cc(C(=O)N2CCc3nc(C)n(Cc4ccccc4)c3-c3ccccc32)ccc1CNC(=O)C1CCN(CCC(C)(C)C)CC1.Cc1nc2c([nH]1)CCN(C(=O)c1ccc(CNC(=O)C3CCN(CCC(C)(C)C)CC3)c(C)c1)c1ccccc1-2. The first kappa shape index (κ1) is 62.4. The lowest BCUT2D eigenvalue weighted by Gasteiger charge is -2.33. The molecule has 0 saturated carbocycles. The predicted octanol–water partition coefficient (Wildman–Crippen LogP) is 12.8. The highest BCUT2D eigenvalue weighted by atomic mass is 16.2. The molecule has 6 heterocycles. The van der Waals surface area contributed by atoms with E-state index >= 15 is 0 Å². The number of carbonyl (C=O) groups is 4. The van der Waals surface area contributed by atoms with Gasteiger partial charge in [-0.3, -0.25) is 19.2 Å². The van der Waals surface area contributed by atoms with Crippen LogP contribution in [-0.4, -0.2) is 105 Å². The summed E-state index contributed by atoms with van der Waals surface area (Å²) in [5, 5.41) is 6.35. The molecule has 11 rings (SSSR count). The summed E-state index contributed by atoms with van der Waals surface area (Å²) in [6, 6.07) is 38.3. The van der Waals surface area contributed by atoms with Crippen molar-refractivity contribution < 1.29 is 19.2 Å². The quantitative estimate of drug-likeness (QED) is 0.0973. The maximum absolute atomic E-state index is 14.1. The molecule has 2 saturated heterocycles. The molecule has 4 aliphatic rings. The summed E-state index contributed by atoms with van der Waals surface area (Å²) in [5.74, 6) is 2.25. The zero-order valence-electron chi connectivity index (χ0n) is 53.3. The van der Waals surface area contributed by atoms with Crippen LogP contribution in [-0.2, 0) is 42.1 Å². The molecule has 4 aliphatic heterocycles. The molecule has 2 fully saturated rings. The smallest absolute Gasteiger partial charge is 0.258 e. The summed E-state index contributed by atoms with van der Waals surface area (Å²) < 4.78 is 2.28. The van der Waals surface area contributed by atoms with Crippen molar-refractivity contribution in [1.29, 1.82) is 0 Å². The van der Waals surface area contributed by atoms with Crippen LogP contribution < -0.4 is 20.4 Å². The monoisotopic (exact) mass is 1170 g/mol. The summed E-state index contributed by atoms with van der Waals surface area (Å²) in [7, 11) is 0. The molecule has 5 aromatic carbocycles. The summed E-state index contributed by atoms with van der Waals surface area (Å²) in [4.78, 5) is 75.7. The number of carbonyl (C=O) groups excluding carboxylic acids is 4. The van der Waals surface area contributed by atoms with E-state index in [0.717, 1.165) is 157 Å². The number of amides is 4. The van der Waals surface area contributed by atoms with E-state index in [1.54, 1.807) is 0 Å². The number of para-hydroxylation sites is 2. The minimum atomic E-state index is -0.0224. The van der Waals surface area contributed by atoms with Crippen molar-refractivity contribution >= 4 is 35.0 Å². The Labute approximate surface area is 516 Å². The molecule has 14 nitrogen and oxygen atoms in total. The highest BCUT2D eigenvalue weighted by Gasteiger charge is 2.32. The third-order valence-corrected chi connectivity index (χ3v) is 18.2. The Morgan fingerprint density at radius 3 is 1.53 bits per heavy atom. The first-order chi connectivity index (χ1) is 41.7. The number of likely N-dealkylation sites (tertiary alicyclic amines) is 2. The Kier molecular flexibility index (Phi) is 19.5. The van der Waals surface area contributed by atoms with E-state index in [2.05, 4.69) is 109 Å². The highest BCUT2D eigenvalue weighted by molar-refractivity contribution is 6.09. The van der Waals surface area contributed by atoms with Crippen LogP contribution in [0.2, 0.25) is 0 Å². The van der Waals surface area contributed by atoms with Crippen LogP contribution in [0.3, 0.4) is 0 Å². The molecule has 0 bridgehead atoms. The highest BCUT2D eigenvalue weighted by Crippen LogP contribution is 2.39. The molecular weight excluding hydrogens is 1080 g/mol. The number of nitrogens with zero attached hydrogens (tertiary/aromatic N) is 7. The fourth-order valence-electron chi connectivity index (χ4n) is 12.8. The number of rotatable bonds is 14. The van der Waals surface area contributed by atoms with E-state index in [0.29, 0.717) is 54.6 Å². The Morgan fingerprint density at radius 2 is 1.02 bits per heavy atom. The molecule has 0 spiro atoms. The minimum absolute atomic E-state index is 0.0220. The lowest BCUT2D eigenvalue weighted by molar-refractivity contribution is -0.127. The number of aromatic nitrogens is 4. The second-order valence-corrected chi connectivity index (χ2v) is 27.2. The van der Waals surface area contributed by atoms with Crippen LogP contribution in [0.4, 0.5) is 11.4 Å². The molecule has 0 aliphatic carbocycles. The van der Waals surface area contributed by atoms with E-state index in [4.69, 9.17) is 9.97 Å². The van der Waals surface area contributed by atoms with Gasteiger partial charge in [-0.2, -0.15) is 0 Å². The number of fused-ring (bicyclic) bond motifs is 6. The van der Waals surface area contributed by atoms with Gasteiger partial charge in [0, 0.05) is 85.3 Å². The number of nitrogens with one attached hydrogen (secondary N) is 3. The molecule has 2 aromatic heterocycles. The Hall–Kier alpha value is -7.68. The third-order valence-electron chi connectivity index (χ3n) is 18.2. The molecule has 14 heteroatoms. The first-order valence-electron chi connectivity index (χ1n) is 31.8. The molecule has 87 heavy (non-hydrogen) atoms. The summed E-state index contributed by atoms with van der Waals surface area (Å²) in [6.45, 7) is 30.7. The molecule has 3 N–H and O–H groups in total. The lowest BCUT2D eigenvalue weighted by atomic mass is 9.90. The molecule has 0 radical (unpaired) electrons. The van der Waals surface area contributed by atoms with Gasteiger partial charge < -0.3 is 39.8 Å². The lowest BCUT2D eigenvalue weighted by Crippen LogP contribution is -2.41. The fourth-order valence-corrected chi connectivity index (χ4v) is 12.8. The molecule has 458 valence electrons. The van der Waals surface area contributed by atoms with Crippen LogP contribution in [0.5, 0.6) is 0 Å². The van der Waals surface area contributed by atoms with E-state index in [-0.39, 0.29) is 35.5 Å². The molecular formula is C73H92N10O4. The van der Waals surface area contributed by atoms with Crippen molar-refractivity contribution in [3.63, 3.8) is 0 Å². The number of piperidine rings is 2. The molecule has 7 aromatic rings. The van der Waals surface area contributed by atoms with E-state index in [1.807, 2.05) is 116 Å². The summed E-state index contributed by atoms with van der Waals surface area (Å²) in [5.41, 5.74) is 15.2. The topological polar surface area (TPSA) is 152 Å². The van der Waals surface area contributed by atoms with Crippen LogP contribution in [0.25, 0.3) is 22.5 Å². The van der Waals surface area contributed by atoms with Gasteiger partial charge in [-0.05, 0) is 181 Å². The van der Waals surface area contributed by atoms with Gasteiger partial charge in [-0.25, -0.2) is 9.97 Å². The maximum Gasteiger partial charge on any atom is 0.258 e. The number of benzene rings is 5. The minimum Gasteiger partial charge on any atom is -0.352 e. The van der Waals surface area contributed by atoms with Gasteiger partial charge in [0.1, 0.15) is 11.6 Å². The van der Waals surface area contributed by atoms with E-state index in [9.17, 15) is 19.2 Å². The van der Waals surface area contributed by atoms with Gasteiger partial charge in [-0.15, -0.1) is 0 Å². The van der Waals surface area contributed by atoms with Crippen molar-refractivity contribution in [2.75, 3.05) is 62.2 Å². The maximum atomic E-state index is 14.1. The van der Waals surface area contributed by atoms with Gasteiger partial charge in [0.05, 0.1) is 28.5 Å². The van der Waals surface area contributed by atoms with Gasteiger partial charge in [-0.1, -0.05) is 120 Å². The largest absolute Gasteiger partial charge is 0.352 e. The summed E-state index contributed by atoms with van der Waals surface area (Å²) in [6.07, 6.45) is 7.39. The van der Waals surface area contributed by atoms with Crippen molar-refractivity contribution in [2.45, 2.75) is 140 Å². The molecule has 4 amide bonds. The van der Waals surface area contributed by atoms with Gasteiger partial charge in [0.15, 0.2) is 0 Å². The Morgan fingerprint density at radius 1 is 0.552 bits per heavy atom. The van der Waals surface area contributed by atoms with Gasteiger partial charge in [0.2, 0.25) is 11.8 Å². The van der Waals surface area contributed by atoms with E-state index < -0.39 is 0 Å². The zero-order chi connectivity index (χ0) is 61.6. The number of H-pyrrole nitrogens is 1. The zero-order valence-corrected chi connectivity index (χ0v) is 53.3. The third kappa shape index (κ3) is 15.4. The fraction of sp³-hybridized carbons (Fsp3) is 0.452. The van der Waals surface area contributed by atoms with Crippen molar-refractivity contribution in [2.24, 2.45) is 22.7 Å². The van der Waals surface area contributed by atoms with Gasteiger partial charge in [0.25, 0.3) is 11.8 Å². The predicted molar refractivity (Wildman–Crippen MR) is 350 cm³/mol. The molecule has 0 atom stereocenters. The number of hydrogen-bond donors (Lipinski definition) is 3. The van der Waals surface area contributed by atoms with Crippen molar-refractivity contribution in [3.8, 4) is 22.5 Å². The van der Waals surface area contributed by atoms with E-state index in [1.165, 1.54) is 18.4 Å². The van der Waals surface area contributed by atoms with Crippen molar-refractivity contribution in [1.82, 2.24) is 40.0 Å². The van der Waals surface area contributed by atoms with Gasteiger partial charge >= 0.3 is 0 Å². The van der Waals surface area contributed by atoms with Crippen LogP contribution in [0.15, 0.2) is 115 Å². The number of aryl methyl sites for hydroxylation is 4. The Balaban J connectivity index is 0.000000195. The van der Waals surface area contributed by atoms with Crippen LogP contribution >= 0.6 is 0 Å². The van der Waals surface area contributed by atoms with Crippen LogP contribution in [0, 0.1) is 50.4 Å². The first-order valence-corrected chi connectivity index (χ1v) is 31.8. The second kappa shape index (κ2) is 27.2. The normalized spacial score (nSPS) is 15.9. The number of aromatic amines is 1. The summed E-state index contributed by atoms with van der Waals surface area (Å²) >= 11 is 0. The van der Waals surface area contributed by atoms with Crippen molar-refractivity contribution in [3.05, 3.63) is 177 Å². The second-order valence-electron chi connectivity index (χ2n) is 27.2. The Bertz CT molecular complexity index is 3570. The number of imidazole rings is 2. The average molecular weight is 1170 g/mol. The standard InChI is InChI=1S/C40H49N5O2.C33H43N5O2/c1-28-25-32(15-16-33(28)26-41-38(46)31-17-21-43(22-18-31)24-20-40(3,4)5)39(47)44-23-19-35-37(34-13-9-10-14-36(34)44)45(29(2)42-35)27-30-11-7-6-8-12-30;1-22-20-25(32(40)38-18-14-28-30(36-23(2)35-28)27-8-6-7-9-29(27)38)10-11-26(22)21-34-31(39)24-12-16-37(17-13-24)19-15-33(3,4)5/h6-16,25,31H,17-24,26-27H2,1-5H3,(H,41,46);6-11,20,24H,12-19,21H2,1-5H3,(H,34,39)(H,35,36). The van der Waals surface area contributed by atoms with Crippen LogP contribution in [0.1, 0.15) is 152 Å². The number of hydrogen-bond acceptors (Lipinski definition) is 8. The number of anilines is 2. The average Bonchev–Trinajstić information content (AvgIpc) is 2.57.